The van der Waals surface area contributed by atoms with Crippen molar-refractivity contribution >= 4 is 28.5 Å². The van der Waals surface area contributed by atoms with Gasteiger partial charge in [0, 0.05) is 6.61 Å². The number of ether oxygens (including phenoxy) is 3. The largest absolute Gasteiger partial charge is 0.493 e. The van der Waals surface area contributed by atoms with Crippen LogP contribution in [0, 0.1) is 11.3 Å². The number of anilines is 1. The van der Waals surface area contributed by atoms with Crippen LogP contribution in [0.15, 0.2) is 23.8 Å². The van der Waals surface area contributed by atoms with E-state index in [4.69, 9.17) is 14.2 Å². The molecule has 2 rings (SSSR count). The third kappa shape index (κ3) is 6.04. The third-order valence-electron chi connectivity index (χ3n) is 3.54. The van der Waals surface area contributed by atoms with E-state index in [0.29, 0.717) is 42.0 Å². The number of hydrogen-bond acceptors (Lipinski definition) is 8. The zero-order valence-corrected chi connectivity index (χ0v) is 16.8. The quantitative estimate of drug-likeness (QED) is 0.370. The minimum Gasteiger partial charge on any atom is -0.493 e. The van der Waals surface area contributed by atoms with Crippen molar-refractivity contribution in [3.8, 4) is 17.6 Å². The summed E-state index contributed by atoms with van der Waals surface area (Å²) in [6.45, 7) is 5.36. The molecule has 0 saturated carbocycles. The number of benzene rings is 1. The Morgan fingerprint density at radius 1 is 1.29 bits per heavy atom. The summed E-state index contributed by atoms with van der Waals surface area (Å²) >= 11 is 1.28. The number of carbonyl (C=O) groups is 1. The molecule has 1 amide bonds. The van der Waals surface area contributed by atoms with E-state index in [-0.39, 0.29) is 5.57 Å². The van der Waals surface area contributed by atoms with Crippen LogP contribution in [0.4, 0.5) is 5.13 Å². The molecule has 1 aromatic heterocycles. The van der Waals surface area contributed by atoms with Crippen molar-refractivity contribution in [3.05, 3.63) is 34.3 Å². The second-order valence-corrected chi connectivity index (χ2v) is 6.50. The predicted molar refractivity (Wildman–Crippen MR) is 106 cm³/mol. The topological polar surface area (TPSA) is 106 Å². The number of nitrogens with one attached hydrogen (secondary N) is 1. The van der Waals surface area contributed by atoms with Gasteiger partial charge in [0.05, 0.1) is 13.7 Å². The number of methoxy groups -OCH3 is 1. The highest BCUT2D eigenvalue weighted by Gasteiger charge is 2.13. The monoisotopic (exact) mass is 402 g/mol. The first-order valence-corrected chi connectivity index (χ1v) is 9.57. The van der Waals surface area contributed by atoms with Gasteiger partial charge >= 0.3 is 0 Å². The third-order valence-corrected chi connectivity index (χ3v) is 4.53. The van der Waals surface area contributed by atoms with Gasteiger partial charge < -0.3 is 14.2 Å². The Bertz CT molecular complexity index is 873. The number of aromatic nitrogens is 2. The lowest BCUT2D eigenvalue weighted by atomic mass is 10.1. The molecule has 0 aliphatic carbocycles. The van der Waals surface area contributed by atoms with E-state index < -0.39 is 5.91 Å². The number of nitriles is 1. The Morgan fingerprint density at radius 3 is 2.75 bits per heavy atom. The van der Waals surface area contributed by atoms with E-state index in [0.717, 1.165) is 11.4 Å². The number of nitrogens with zero attached hydrogens (tertiary/aromatic N) is 3. The lowest BCUT2D eigenvalue weighted by Gasteiger charge is -2.11. The van der Waals surface area contributed by atoms with Crippen LogP contribution in [0.3, 0.4) is 0 Å². The van der Waals surface area contributed by atoms with Crippen LogP contribution in [-0.2, 0) is 16.0 Å². The SMILES string of the molecule is CCOCCOc1ccc(C=C(C#N)C(=O)Nc2nnc(CC)s2)cc1OC. The van der Waals surface area contributed by atoms with Crippen molar-refractivity contribution in [2.45, 2.75) is 20.3 Å². The molecule has 28 heavy (non-hydrogen) atoms. The summed E-state index contributed by atoms with van der Waals surface area (Å²) in [5, 5.41) is 20.9. The molecule has 0 saturated heterocycles. The van der Waals surface area contributed by atoms with E-state index in [1.807, 2.05) is 19.9 Å². The van der Waals surface area contributed by atoms with E-state index in [1.165, 1.54) is 24.5 Å². The number of carbonyl (C=O) groups excluding carboxylic acids is 1. The molecule has 0 aliphatic heterocycles. The molecular weight excluding hydrogens is 380 g/mol. The molecule has 0 fully saturated rings. The molecule has 9 heteroatoms. The summed E-state index contributed by atoms with van der Waals surface area (Å²) in [7, 11) is 1.52. The molecule has 148 valence electrons. The predicted octanol–water partition coefficient (Wildman–Crippen LogP) is 3.07. The van der Waals surface area contributed by atoms with E-state index in [2.05, 4.69) is 15.5 Å². The summed E-state index contributed by atoms with van der Waals surface area (Å²) < 4.78 is 16.2. The van der Waals surface area contributed by atoms with Crippen molar-refractivity contribution in [2.75, 3.05) is 32.2 Å². The molecule has 0 bridgehead atoms. The van der Waals surface area contributed by atoms with Crippen LogP contribution >= 0.6 is 11.3 Å². The maximum Gasteiger partial charge on any atom is 0.268 e. The maximum atomic E-state index is 12.3. The van der Waals surface area contributed by atoms with Gasteiger partial charge in [0.15, 0.2) is 11.5 Å². The average Bonchev–Trinajstić information content (AvgIpc) is 3.17. The maximum absolute atomic E-state index is 12.3. The minimum absolute atomic E-state index is 0.0553. The van der Waals surface area contributed by atoms with Crippen molar-refractivity contribution in [2.24, 2.45) is 0 Å². The zero-order chi connectivity index (χ0) is 20.4. The molecular formula is C19H22N4O4S. The fourth-order valence-corrected chi connectivity index (χ4v) is 2.85. The Balaban J connectivity index is 2.11. The van der Waals surface area contributed by atoms with Gasteiger partial charge in [-0.2, -0.15) is 5.26 Å². The average molecular weight is 402 g/mol. The first-order chi connectivity index (χ1) is 13.6. The van der Waals surface area contributed by atoms with Crippen LogP contribution in [0.2, 0.25) is 0 Å². The van der Waals surface area contributed by atoms with Gasteiger partial charge in [-0.15, -0.1) is 10.2 Å². The molecule has 1 N–H and O–H groups in total. The van der Waals surface area contributed by atoms with E-state index in [1.54, 1.807) is 18.2 Å². The van der Waals surface area contributed by atoms with Crippen molar-refractivity contribution in [3.63, 3.8) is 0 Å². The zero-order valence-electron chi connectivity index (χ0n) is 16.0. The van der Waals surface area contributed by atoms with E-state index >= 15 is 0 Å². The molecule has 0 aliphatic rings. The number of amides is 1. The van der Waals surface area contributed by atoms with E-state index in [9.17, 15) is 10.1 Å². The molecule has 8 nitrogen and oxygen atoms in total. The lowest BCUT2D eigenvalue weighted by Crippen LogP contribution is -2.13. The fourth-order valence-electron chi connectivity index (χ4n) is 2.17. The van der Waals surface area contributed by atoms with Crippen LogP contribution in [0.25, 0.3) is 6.08 Å². The molecule has 2 aromatic rings. The van der Waals surface area contributed by atoms with Gasteiger partial charge in [-0.1, -0.05) is 24.3 Å². The second kappa shape index (κ2) is 11.0. The van der Waals surface area contributed by atoms with Crippen LogP contribution in [0.1, 0.15) is 24.4 Å². The Kier molecular flexibility index (Phi) is 8.39. The summed E-state index contributed by atoms with van der Waals surface area (Å²) in [5.74, 6) is 0.514. The first-order valence-electron chi connectivity index (χ1n) is 8.75. The Morgan fingerprint density at radius 2 is 2.11 bits per heavy atom. The molecule has 1 heterocycles. The fraction of sp³-hybridized carbons (Fsp3) is 0.368. The molecule has 1 aromatic carbocycles. The summed E-state index contributed by atoms with van der Waals surface area (Å²) in [5.41, 5.74) is 0.576. The molecule has 0 radical (unpaired) electrons. The highest BCUT2D eigenvalue weighted by molar-refractivity contribution is 7.15. The van der Waals surface area contributed by atoms with Crippen molar-refractivity contribution < 1.29 is 19.0 Å². The lowest BCUT2D eigenvalue weighted by molar-refractivity contribution is -0.112. The molecule has 0 atom stereocenters. The Labute approximate surface area is 167 Å². The smallest absolute Gasteiger partial charge is 0.268 e. The number of rotatable bonds is 10. The standard InChI is InChI=1S/C19H22N4O4S/c1-4-17-22-23-19(28-17)21-18(24)14(12-20)10-13-6-7-15(16(11-13)25-3)27-9-8-26-5-2/h6-7,10-11H,4-5,8-9H2,1-3H3,(H,21,23,24). The highest BCUT2D eigenvalue weighted by atomic mass is 32.1. The van der Waals surface area contributed by atoms with Gasteiger partial charge in [0.25, 0.3) is 5.91 Å². The van der Waals surface area contributed by atoms with Crippen LogP contribution in [0.5, 0.6) is 11.5 Å². The van der Waals surface area contributed by atoms with Crippen LogP contribution in [-0.4, -0.2) is 43.0 Å². The number of aryl methyl sites for hydroxylation is 1. The molecule has 0 unspecified atom stereocenters. The van der Waals surface area contributed by atoms with Gasteiger partial charge in [0.1, 0.15) is 23.3 Å². The van der Waals surface area contributed by atoms with Gasteiger partial charge in [-0.05, 0) is 37.1 Å². The van der Waals surface area contributed by atoms with Gasteiger partial charge in [-0.3, -0.25) is 10.1 Å². The van der Waals surface area contributed by atoms with Crippen molar-refractivity contribution in [1.82, 2.24) is 10.2 Å². The summed E-state index contributed by atoms with van der Waals surface area (Å²) in [4.78, 5) is 12.3. The Hall–Kier alpha value is -2.96. The van der Waals surface area contributed by atoms with Crippen LogP contribution < -0.4 is 14.8 Å². The minimum atomic E-state index is -0.544. The van der Waals surface area contributed by atoms with Crippen molar-refractivity contribution in [1.29, 1.82) is 5.26 Å². The molecule has 0 spiro atoms. The summed E-state index contributed by atoms with van der Waals surface area (Å²) in [6.07, 6.45) is 2.21. The second-order valence-electron chi connectivity index (χ2n) is 5.43. The number of hydrogen-bond donors (Lipinski definition) is 1. The van der Waals surface area contributed by atoms with Gasteiger partial charge in [-0.25, -0.2) is 0 Å². The highest BCUT2D eigenvalue weighted by Crippen LogP contribution is 2.29. The normalized spacial score (nSPS) is 11.0. The first kappa shape index (κ1) is 21.3. The summed E-state index contributed by atoms with van der Waals surface area (Å²) in [6, 6.07) is 7.07. The van der Waals surface area contributed by atoms with Gasteiger partial charge in [0.2, 0.25) is 5.13 Å².